The van der Waals surface area contributed by atoms with Gasteiger partial charge in [-0.3, -0.25) is 9.59 Å². The van der Waals surface area contributed by atoms with Crippen LogP contribution in [0, 0.1) is 6.92 Å². The van der Waals surface area contributed by atoms with Crippen LogP contribution in [0.15, 0.2) is 18.2 Å². The van der Waals surface area contributed by atoms with Crippen molar-refractivity contribution < 1.29 is 9.59 Å². The van der Waals surface area contributed by atoms with E-state index in [4.69, 9.17) is 0 Å². The van der Waals surface area contributed by atoms with Crippen molar-refractivity contribution >= 4 is 35.6 Å². The summed E-state index contributed by atoms with van der Waals surface area (Å²) in [5.74, 6) is -0.151. The Morgan fingerprint density at radius 2 is 1.95 bits per heavy atom. The number of aryl methyl sites for hydroxylation is 1. The number of carbonyl (C=O) groups excluding carboxylic acids is 2. The van der Waals surface area contributed by atoms with Crippen molar-refractivity contribution in [1.29, 1.82) is 0 Å². The molecule has 5 nitrogen and oxygen atoms in total. The molecule has 1 aromatic carbocycles. The average Bonchev–Trinajstić information content (AvgIpc) is 2.43. The highest BCUT2D eigenvalue weighted by Gasteiger charge is 2.34. The summed E-state index contributed by atoms with van der Waals surface area (Å²) >= 11 is 0. The first-order chi connectivity index (χ1) is 9.90. The number of amides is 2. The number of nitrogens with one attached hydrogen (secondary N) is 3. The fourth-order valence-corrected chi connectivity index (χ4v) is 2.54. The van der Waals surface area contributed by atoms with Crippen molar-refractivity contribution in [2.75, 3.05) is 17.2 Å². The van der Waals surface area contributed by atoms with Gasteiger partial charge in [0.25, 0.3) is 0 Å². The number of anilines is 2. The Labute approximate surface area is 137 Å². The van der Waals surface area contributed by atoms with E-state index >= 15 is 0 Å². The van der Waals surface area contributed by atoms with Crippen LogP contribution >= 0.6 is 12.4 Å². The van der Waals surface area contributed by atoms with E-state index in [-0.39, 0.29) is 24.2 Å². The van der Waals surface area contributed by atoms with E-state index in [1.54, 1.807) is 6.07 Å². The number of hydrogen-bond donors (Lipinski definition) is 3. The molecule has 0 bridgehead atoms. The van der Waals surface area contributed by atoms with Gasteiger partial charge >= 0.3 is 0 Å². The molecule has 1 aromatic rings. The summed E-state index contributed by atoms with van der Waals surface area (Å²) in [6, 6.07) is 5.53. The maximum absolute atomic E-state index is 12.4. The summed E-state index contributed by atoms with van der Waals surface area (Å²) in [6.07, 6.45) is 3.01. The molecule has 2 rings (SSSR count). The van der Waals surface area contributed by atoms with Crippen molar-refractivity contribution in [1.82, 2.24) is 5.32 Å². The second-order valence-electron chi connectivity index (χ2n) is 5.88. The first-order valence-corrected chi connectivity index (χ1v) is 7.35. The minimum absolute atomic E-state index is 0. The van der Waals surface area contributed by atoms with Gasteiger partial charge in [0.1, 0.15) is 0 Å². The van der Waals surface area contributed by atoms with E-state index in [2.05, 4.69) is 16.0 Å². The Morgan fingerprint density at radius 1 is 1.23 bits per heavy atom. The van der Waals surface area contributed by atoms with E-state index in [0.717, 1.165) is 37.1 Å². The Kier molecular flexibility index (Phi) is 6.38. The summed E-state index contributed by atoms with van der Waals surface area (Å²) in [5.41, 5.74) is 1.87. The topological polar surface area (TPSA) is 70.2 Å². The van der Waals surface area contributed by atoms with Crippen LogP contribution in [0.1, 0.15) is 38.7 Å². The molecule has 3 N–H and O–H groups in total. The van der Waals surface area contributed by atoms with Gasteiger partial charge in [0.2, 0.25) is 11.8 Å². The first-order valence-electron chi connectivity index (χ1n) is 7.35. The quantitative estimate of drug-likeness (QED) is 0.800. The lowest BCUT2D eigenvalue weighted by Gasteiger charge is -2.33. The molecule has 1 aliphatic rings. The zero-order chi connectivity index (χ0) is 15.5. The highest BCUT2D eigenvalue weighted by Crippen LogP contribution is 2.24. The van der Waals surface area contributed by atoms with Crippen molar-refractivity contribution in [3.63, 3.8) is 0 Å². The maximum atomic E-state index is 12.4. The molecule has 1 fully saturated rings. The first kappa shape index (κ1) is 18.5. The monoisotopic (exact) mass is 325 g/mol. The number of benzene rings is 1. The SMILES string of the molecule is CC(=O)Nc1cc(NC(=O)C2(C)CCCCN2)ccc1C.Cl. The number of carbonyl (C=O) groups is 2. The molecule has 0 aliphatic carbocycles. The molecule has 0 spiro atoms. The molecule has 2 amide bonds. The van der Waals surface area contributed by atoms with Gasteiger partial charge in [-0.25, -0.2) is 0 Å². The lowest BCUT2D eigenvalue weighted by molar-refractivity contribution is -0.122. The average molecular weight is 326 g/mol. The smallest absolute Gasteiger partial charge is 0.244 e. The molecule has 22 heavy (non-hydrogen) atoms. The zero-order valence-corrected chi connectivity index (χ0v) is 14.1. The number of halogens is 1. The predicted octanol–water partition coefficient (Wildman–Crippen LogP) is 2.85. The van der Waals surface area contributed by atoms with Gasteiger partial charge in [0, 0.05) is 18.3 Å². The largest absolute Gasteiger partial charge is 0.326 e. The van der Waals surface area contributed by atoms with Crippen LogP contribution < -0.4 is 16.0 Å². The maximum Gasteiger partial charge on any atom is 0.244 e. The van der Waals surface area contributed by atoms with Gasteiger partial charge in [-0.05, 0) is 57.4 Å². The third-order valence-electron chi connectivity index (χ3n) is 3.93. The molecular weight excluding hydrogens is 302 g/mol. The fourth-order valence-electron chi connectivity index (χ4n) is 2.54. The van der Waals surface area contributed by atoms with E-state index in [1.165, 1.54) is 6.92 Å². The van der Waals surface area contributed by atoms with Crippen LogP contribution in [-0.4, -0.2) is 23.9 Å². The number of piperidine rings is 1. The molecule has 0 saturated carbocycles. The second-order valence-corrected chi connectivity index (χ2v) is 5.88. The lowest BCUT2D eigenvalue weighted by atomic mass is 9.90. The summed E-state index contributed by atoms with van der Waals surface area (Å²) in [5, 5.41) is 9.00. The number of rotatable bonds is 3. The summed E-state index contributed by atoms with van der Waals surface area (Å²) in [4.78, 5) is 23.6. The van der Waals surface area contributed by atoms with Crippen molar-refractivity contribution in [2.45, 2.75) is 45.6 Å². The van der Waals surface area contributed by atoms with Gasteiger partial charge in [-0.15, -0.1) is 12.4 Å². The summed E-state index contributed by atoms with van der Waals surface area (Å²) in [6.45, 7) is 6.19. The molecule has 6 heteroatoms. The van der Waals surface area contributed by atoms with Crippen LogP contribution in [0.2, 0.25) is 0 Å². The second kappa shape index (κ2) is 7.61. The van der Waals surface area contributed by atoms with Gasteiger partial charge < -0.3 is 16.0 Å². The third-order valence-corrected chi connectivity index (χ3v) is 3.93. The molecule has 122 valence electrons. The third kappa shape index (κ3) is 4.45. The van der Waals surface area contributed by atoms with E-state index in [1.807, 2.05) is 26.0 Å². The highest BCUT2D eigenvalue weighted by molar-refractivity contribution is 5.99. The highest BCUT2D eigenvalue weighted by atomic mass is 35.5. The molecule has 1 heterocycles. The molecular formula is C16H24ClN3O2. The van der Waals surface area contributed by atoms with Crippen molar-refractivity contribution in [3.8, 4) is 0 Å². The Bertz CT molecular complexity index is 554. The normalized spacial score (nSPS) is 20.7. The minimum Gasteiger partial charge on any atom is -0.326 e. The standard InChI is InChI=1S/C16H23N3O2.ClH/c1-11-6-7-13(10-14(11)18-12(2)20)19-15(21)16(3)8-4-5-9-17-16;/h6-7,10,17H,4-5,8-9H2,1-3H3,(H,18,20)(H,19,21);1H. The molecule has 0 radical (unpaired) electrons. The summed E-state index contributed by atoms with van der Waals surface area (Å²) in [7, 11) is 0. The molecule has 1 atom stereocenters. The van der Waals surface area contributed by atoms with Crippen LogP contribution in [0.5, 0.6) is 0 Å². The van der Waals surface area contributed by atoms with Crippen LogP contribution in [0.25, 0.3) is 0 Å². The van der Waals surface area contributed by atoms with E-state index in [9.17, 15) is 9.59 Å². The Balaban J connectivity index is 0.00000242. The van der Waals surface area contributed by atoms with E-state index in [0.29, 0.717) is 5.69 Å². The van der Waals surface area contributed by atoms with Crippen LogP contribution in [-0.2, 0) is 9.59 Å². The summed E-state index contributed by atoms with van der Waals surface area (Å²) < 4.78 is 0. The van der Waals surface area contributed by atoms with Crippen LogP contribution in [0.3, 0.4) is 0 Å². The zero-order valence-electron chi connectivity index (χ0n) is 13.3. The van der Waals surface area contributed by atoms with Gasteiger partial charge in [-0.2, -0.15) is 0 Å². The van der Waals surface area contributed by atoms with Crippen molar-refractivity contribution in [2.24, 2.45) is 0 Å². The number of hydrogen-bond acceptors (Lipinski definition) is 3. The molecule has 0 aromatic heterocycles. The Morgan fingerprint density at radius 3 is 2.55 bits per heavy atom. The van der Waals surface area contributed by atoms with Gasteiger partial charge in [0.15, 0.2) is 0 Å². The molecule has 1 unspecified atom stereocenters. The van der Waals surface area contributed by atoms with Crippen LogP contribution in [0.4, 0.5) is 11.4 Å². The van der Waals surface area contributed by atoms with Gasteiger partial charge in [0.05, 0.1) is 5.54 Å². The van der Waals surface area contributed by atoms with E-state index < -0.39 is 5.54 Å². The Hall–Kier alpha value is -1.59. The molecule has 1 saturated heterocycles. The lowest BCUT2D eigenvalue weighted by Crippen LogP contribution is -2.54. The predicted molar refractivity (Wildman–Crippen MR) is 91.6 cm³/mol. The van der Waals surface area contributed by atoms with Crippen molar-refractivity contribution in [3.05, 3.63) is 23.8 Å². The minimum atomic E-state index is -0.517. The molecule has 1 aliphatic heterocycles. The van der Waals surface area contributed by atoms with Gasteiger partial charge in [-0.1, -0.05) is 6.07 Å². The fraction of sp³-hybridized carbons (Fsp3) is 0.500.